The van der Waals surface area contributed by atoms with Crippen LogP contribution in [0.4, 0.5) is 0 Å². The smallest absolute Gasteiger partial charge is 0.272 e. The maximum absolute atomic E-state index is 13.2. The summed E-state index contributed by atoms with van der Waals surface area (Å²) in [5, 5.41) is 4.32. The predicted octanol–water partition coefficient (Wildman–Crippen LogP) is 3.08. The normalized spacial score (nSPS) is 26.9. The molecule has 2 saturated heterocycles. The predicted molar refractivity (Wildman–Crippen MR) is 103 cm³/mol. The molecule has 0 radical (unpaired) electrons. The second kappa shape index (κ2) is 7.64. The minimum Gasteiger partial charge on any atom is -0.339 e. The van der Waals surface area contributed by atoms with Gasteiger partial charge < -0.3 is 9.80 Å². The fourth-order valence-electron chi connectivity index (χ4n) is 5.37. The standard InChI is InChI=1S/C21H32N4O2/c1-2-13-25-18(9-12-22-25)20(27)23-14-5-10-21(15-23)11-8-19(26)24(16-21)17-6-3-4-7-17/h9,12,17H,2-8,10-11,13-16H2,1H3/t21-/m0/s1. The van der Waals surface area contributed by atoms with E-state index in [2.05, 4.69) is 16.9 Å². The summed E-state index contributed by atoms with van der Waals surface area (Å²) in [5.41, 5.74) is 0.786. The van der Waals surface area contributed by atoms with Crippen LogP contribution in [0, 0.1) is 5.41 Å². The molecule has 0 unspecified atom stereocenters. The van der Waals surface area contributed by atoms with Crippen molar-refractivity contribution in [3.05, 3.63) is 18.0 Å². The van der Waals surface area contributed by atoms with Crippen molar-refractivity contribution < 1.29 is 9.59 Å². The van der Waals surface area contributed by atoms with Crippen LogP contribution in [0.3, 0.4) is 0 Å². The summed E-state index contributed by atoms with van der Waals surface area (Å²) in [7, 11) is 0. The number of aromatic nitrogens is 2. The molecule has 6 nitrogen and oxygen atoms in total. The Morgan fingerprint density at radius 2 is 2.04 bits per heavy atom. The van der Waals surface area contributed by atoms with E-state index < -0.39 is 0 Å². The first-order chi connectivity index (χ1) is 13.1. The zero-order valence-electron chi connectivity index (χ0n) is 16.5. The Balaban J connectivity index is 1.49. The van der Waals surface area contributed by atoms with Gasteiger partial charge in [-0.1, -0.05) is 19.8 Å². The second-order valence-electron chi connectivity index (χ2n) is 8.73. The highest BCUT2D eigenvalue weighted by Crippen LogP contribution is 2.41. The fraction of sp³-hybridized carbons (Fsp3) is 0.762. The Morgan fingerprint density at radius 1 is 1.22 bits per heavy atom. The molecule has 1 spiro atoms. The SMILES string of the molecule is CCCn1nccc1C(=O)N1CCC[C@]2(CCC(=O)N(C3CCCC3)C2)C1. The topological polar surface area (TPSA) is 58.4 Å². The van der Waals surface area contributed by atoms with Gasteiger partial charge in [-0.05, 0) is 44.6 Å². The number of piperidine rings is 2. The molecule has 1 aliphatic carbocycles. The van der Waals surface area contributed by atoms with Crippen LogP contribution in [0.15, 0.2) is 12.3 Å². The van der Waals surface area contributed by atoms with E-state index in [1.54, 1.807) is 6.20 Å². The first-order valence-electron chi connectivity index (χ1n) is 10.7. The highest BCUT2D eigenvalue weighted by Gasteiger charge is 2.45. The summed E-state index contributed by atoms with van der Waals surface area (Å²) in [5.74, 6) is 0.432. The lowest BCUT2D eigenvalue weighted by Crippen LogP contribution is -2.57. The quantitative estimate of drug-likeness (QED) is 0.816. The Hall–Kier alpha value is -1.85. The molecule has 0 aromatic carbocycles. The first-order valence-corrected chi connectivity index (χ1v) is 10.7. The molecule has 1 atom stereocenters. The van der Waals surface area contributed by atoms with Crippen LogP contribution in [-0.4, -0.2) is 57.1 Å². The van der Waals surface area contributed by atoms with Crippen LogP contribution in [0.25, 0.3) is 0 Å². The molecule has 3 heterocycles. The van der Waals surface area contributed by atoms with Crippen molar-refractivity contribution in [1.29, 1.82) is 0 Å². The van der Waals surface area contributed by atoms with Gasteiger partial charge in [0.1, 0.15) is 5.69 Å². The number of aryl methyl sites for hydroxylation is 1. The van der Waals surface area contributed by atoms with Gasteiger partial charge in [0.15, 0.2) is 0 Å². The number of hydrogen-bond donors (Lipinski definition) is 0. The number of nitrogens with zero attached hydrogens (tertiary/aromatic N) is 4. The van der Waals surface area contributed by atoms with E-state index in [0.717, 1.165) is 64.7 Å². The van der Waals surface area contributed by atoms with Gasteiger partial charge in [0.05, 0.1) is 0 Å². The molecule has 3 fully saturated rings. The van der Waals surface area contributed by atoms with Gasteiger partial charge in [-0.15, -0.1) is 0 Å². The lowest BCUT2D eigenvalue weighted by molar-refractivity contribution is -0.142. The van der Waals surface area contributed by atoms with Gasteiger partial charge in [0, 0.05) is 50.3 Å². The molecule has 0 N–H and O–H groups in total. The maximum Gasteiger partial charge on any atom is 0.272 e. The Morgan fingerprint density at radius 3 is 2.81 bits per heavy atom. The molecule has 148 valence electrons. The number of rotatable bonds is 4. The lowest BCUT2D eigenvalue weighted by Gasteiger charge is -2.49. The Kier molecular flexibility index (Phi) is 5.24. The van der Waals surface area contributed by atoms with Gasteiger partial charge in [-0.3, -0.25) is 14.3 Å². The third-order valence-corrected chi connectivity index (χ3v) is 6.78. The molecule has 1 aromatic heterocycles. The largest absolute Gasteiger partial charge is 0.339 e. The number of carbonyl (C=O) groups is 2. The summed E-state index contributed by atoms with van der Waals surface area (Å²) in [6.07, 6.45) is 11.2. The molecular weight excluding hydrogens is 340 g/mol. The summed E-state index contributed by atoms with van der Waals surface area (Å²) in [4.78, 5) is 29.9. The summed E-state index contributed by atoms with van der Waals surface area (Å²) in [6, 6.07) is 2.28. The van der Waals surface area contributed by atoms with Crippen LogP contribution in [0.5, 0.6) is 0 Å². The average Bonchev–Trinajstić information content (AvgIpc) is 3.36. The third-order valence-electron chi connectivity index (χ3n) is 6.78. The van der Waals surface area contributed by atoms with Gasteiger partial charge >= 0.3 is 0 Å². The maximum atomic E-state index is 13.2. The zero-order chi connectivity index (χ0) is 18.9. The first kappa shape index (κ1) is 18.5. The minimum atomic E-state index is 0.0834. The number of hydrogen-bond acceptors (Lipinski definition) is 3. The summed E-state index contributed by atoms with van der Waals surface area (Å²) < 4.78 is 1.83. The molecule has 27 heavy (non-hydrogen) atoms. The van der Waals surface area contributed by atoms with E-state index >= 15 is 0 Å². The van der Waals surface area contributed by atoms with Crippen molar-refractivity contribution in [2.75, 3.05) is 19.6 Å². The number of likely N-dealkylation sites (tertiary alicyclic amines) is 2. The molecule has 4 rings (SSSR count). The highest BCUT2D eigenvalue weighted by atomic mass is 16.2. The van der Waals surface area contributed by atoms with Crippen LogP contribution >= 0.6 is 0 Å². The minimum absolute atomic E-state index is 0.0834. The van der Waals surface area contributed by atoms with Gasteiger partial charge in [0.2, 0.25) is 5.91 Å². The molecule has 3 aliphatic rings. The lowest BCUT2D eigenvalue weighted by atomic mass is 9.73. The molecule has 2 amide bonds. The Bertz CT molecular complexity index is 694. The summed E-state index contributed by atoms with van der Waals surface area (Å²) >= 11 is 0. The fourth-order valence-corrected chi connectivity index (χ4v) is 5.37. The molecular formula is C21H32N4O2. The van der Waals surface area contributed by atoms with Crippen LogP contribution in [0.2, 0.25) is 0 Å². The molecule has 6 heteroatoms. The highest BCUT2D eigenvalue weighted by molar-refractivity contribution is 5.92. The van der Waals surface area contributed by atoms with Crippen molar-refractivity contribution in [1.82, 2.24) is 19.6 Å². The molecule has 1 saturated carbocycles. The molecule has 1 aromatic rings. The van der Waals surface area contributed by atoms with Gasteiger partial charge in [-0.2, -0.15) is 5.10 Å². The van der Waals surface area contributed by atoms with Crippen LogP contribution in [0.1, 0.15) is 75.2 Å². The average molecular weight is 373 g/mol. The van der Waals surface area contributed by atoms with Crippen molar-refractivity contribution in [3.63, 3.8) is 0 Å². The van der Waals surface area contributed by atoms with E-state index in [4.69, 9.17) is 0 Å². The number of carbonyl (C=O) groups excluding carboxylic acids is 2. The molecule has 2 aliphatic heterocycles. The second-order valence-corrected chi connectivity index (χ2v) is 8.73. The van der Waals surface area contributed by atoms with E-state index in [0.29, 0.717) is 24.1 Å². The van der Waals surface area contributed by atoms with E-state index in [1.807, 2.05) is 15.6 Å². The van der Waals surface area contributed by atoms with Crippen molar-refractivity contribution in [2.24, 2.45) is 5.41 Å². The van der Waals surface area contributed by atoms with E-state index in [9.17, 15) is 9.59 Å². The van der Waals surface area contributed by atoms with Crippen molar-refractivity contribution in [2.45, 2.75) is 77.3 Å². The van der Waals surface area contributed by atoms with Crippen LogP contribution in [-0.2, 0) is 11.3 Å². The third kappa shape index (κ3) is 3.63. The monoisotopic (exact) mass is 372 g/mol. The Labute approximate surface area is 161 Å². The van der Waals surface area contributed by atoms with Crippen molar-refractivity contribution in [3.8, 4) is 0 Å². The van der Waals surface area contributed by atoms with E-state index in [1.165, 1.54) is 12.8 Å². The number of amides is 2. The van der Waals surface area contributed by atoms with Crippen molar-refractivity contribution >= 4 is 11.8 Å². The van der Waals surface area contributed by atoms with E-state index in [-0.39, 0.29) is 11.3 Å². The molecule has 0 bridgehead atoms. The van der Waals surface area contributed by atoms with Crippen LogP contribution < -0.4 is 0 Å². The van der Waals surface area contributed by atoms with Gasteiger partial charge in [0.25, 0.3) is 5.91 Å². The summed E-state index contributed by atoms with van der Waals surface area (Å²) in [6.45, 7) is 5.31. The zero-order valence-corrected chi connectivity index (χ0v) is 16.5. The van der Waals surface area contributed by atoms with Gasteiger partial charge in [-0.25, -0.2) is 0 Å².